The number of ether oxygens (including phenoxy) is 2. The van der Waals surface area contributed by atoms with Crippen molar-refractivity contribution in [3.63, 3.8) is 0 Å². The van der Waals surface area contributed by atoms with E-state index in [1.54, 1.807) is 13.3 Å². The van der Waals surface area contributed by atoms with E-state index in [2.05, 4.69) is 24.1 Å². The lowest BCUT2D eigenvalue weighted by atomic mass is 10.2. The molecular weight excluding hydrogens is 264 g/mol. The molecule has 1 aromatic heterocycles. The van der Waals surface area contributed by atoms with E-state index in [0.717, 1.165) is 29.3 Å². The lowest BCUT2D eigenvalue weighted by Crippen LogP contribution is -2.18. The quantitative estimate of drug-likeness (QED) is 0.847. The van der Waals surface area contributed by atoms with Crippen molar-refractivity contribution in [2.75, 3.05) is 13.7 Å². The van der Waals surface area contributed by atoms with Crippen LogP contribution in [0.4, 0.5) is 0 Å². The minimum atomic E-state index is 0.252. The fraction of sp³-hybridized carbons (Fsp3) is 0.353. The van der Waals surface area contributed by atoms with Crippen molar-refractivity contribution in [3.8, 4) is 11.5 Å². The molecule has 4 heteroatoms. The molecule has 0 amide bonds. The summed E-state index contributed by atoms with van der Waals surface area (Å²) in [5, 5.41) is 3.33. The van der Waals surface area contributed by atoms with Crippen molar-refractivity contribution in [2.45, 2.75) is 26.5 Å². The lowest BCUT2D eigenvalue weighted by molar-refractivity contribution is 0.303. The van der Waals surface area contributed by atoms with E-state index in [9.17, 15) is 0 Å². The van der Waals surface area contributed by atoms with Gasteiger partial charge in [-0.05, 0) is 43.3 Å². The van der Waals surface area contributed by atoms with Crippen molar-refractivity contribution in [2.24, 2.45) is 0 Å². The molecule has 4 nitrogen and oxygen atoms in total. The molecule has 0 fully saturated rings. The van der Waals surface area contributed by atoms with Gasteiger partial charge in [-0.25, -0.2) is 0 Å². The van der Waals surface area contributed by atoms with E-state index in [1.807, 2.05) is 36.4 Å². The number of hydrogen-bond acceptors (Lipinski definition) is 4. The zero-order valence-corrected chi connectivity index (χ0v) is 12.8. The second-order valence-corrected chi connectivity index (χ2v) is 4.84. The zero-order chi connectivity index (χ0) is 15.1. The predicted octanol–water partition coefficient (Wildman–Crippen LogP) is 3.34. The summed E-state index contributed by atoms with van der Waals surface area (Å²) in [6.07, 6.45) is 1.77. The Kier molecular flexibility index (Phi) is 5.58. The van der Waals surface area contributed by atoms with Gasteiger partial charge in [0.25, 0.3) is 0 Å². The second-order valence-electron chi connectivity index (χ2n) is 4.84. The third-order valence-electron chi connectivity index (χ3n) is 3.25. The van der Waals surface area contributed by atoms with E-state index >= 15 is 0 Å². The Hall–Kier alpha value is -2.07. The fourth-order valence-corrected chi connectivity index (χ4v) is 2.07. The average Bonchev–Trinajstić information content (AvgIpc) is 2.54. The molecule has 21 heavy (non-hydrogen) atoms. The summed E-state index contributed by atoms with van der Waals surface area (Å²) in [7, 11) is 1.66. The van der Waals surface area contributed by atoms with E-state index in [4.69, 9.17) is 9.47 Å². The Bertz CT molecular complexity index is 555. The first-order chi connectivity index (χ1) is 10.2. The molecule has 0 aliphatic carbocycles. The number of methoxy groups -OCH3 is 1. The summed E-state index contributed by atoms with van der Waals surface area (Å²) in [6.45, 7) is 5.61. The van der Waals surface area contributed by atoms with Crippen LogP contribution in [-0.2, 0) is 6.61 Å². The molecule has 1 unspecified atom stereocenters. The van der Waals surface area contributed by atoms with Crippen molar-refractivity contribution in [3.05, 3.63) is 53.9 Å². The molecule has 1 aromatic carbocycles. The standard InChI is InChI=1S/C17H22N2O2/c1-4-18-13(2)17-9-8-16(11-19-17)21-12-14-6-5-7-15(10-14)20-3/h5-11,13,18H,4,12H2,1-3H3. The van der Waals surface area contributed by atoms with Crippen molar-refractivity contribution < 1.29 is 9.47 Å². The maximum absolute atomic E-state index is 5.75. The number of nitrogens with zero attached hydrogens (tertiary/aromatic N) is 1. The van der Waals surface area contributed by atoms with Gasteiger partial charge in [0, 0.05) is 6.04 Å². The maximum Gasteiger partial charge on any atom is 0.138 e. The third kappa shape index (κ3) is 4.46. The minimum Gasteiger partial charge on any atom is -0.497 e. The molecule has 1 atom stereocenters. The van der Waals surface area contributed by atoms with Crippen LogP contribution in [0.25, 0.3) is 0 Å². The van der Waals surface area contributed by atoms with Crippen LogP contribution in [0.2, 0.25) is 0 Å². The summed E-state index contributed by atoms with van der Waals surface area (Å²) in [5.74, 6) is 1.61. The number of benzene rings is 1. The third-order valence-corrected chi connectivity index (χ3v) is 3.25. The minimum absolute atomic E-state index is 0.252. The van der Waals surface area contributed by atoms with Gasteiger partial charge in [0.15, 0.2) is 0 Å². The number of rotatable bonds is 7. The van der Waals surface area contributed by atoms with Crippen LogP contribution >= 0.6 is 0 Å². The van der Waals surface area contributed by atoms with Crippen LogP contribution in [0.1, 0.15) is 31.1 Å². The summed E-state index contributed by atoms with van der Waals surface area (Å²) in [6, 6.07) is 12.1. The Morgan fingerprint density at radius 3 is 2.71 bits per heavy atom. The van der Waals surface area contributed by atoms with Crippen molar-refractivity contribution in [1.82, 2.24) is 10.3 Å². The highest BCUT2D eigenvalue weighted by Crippen LogP contribution is 2.17. The maximum atomic E-state index is 5.75. The summed E-state index contributed by atoms with van der Waals surface area (Å²) in [4.78, 5) is 4.43. The summed E-state index contributed by atoms with van der Waals surface area (Å²) < 4.78 is 10.9. The lowest BCUT2D eigenvalue weighted by Gasteiger charge is -2.12. The first-order valence-corrected chi connectivity index (χ1v) is 7.18. The molecule has 2 aromatic rings. The molecule has 0 saturated heterocycles. The second kappa shape index (κ2) is 7.64. The van der Waals surface area contributed by atoms with E-state index in [-0.39, 0.29) is 6.04 Å². The van der Waals surface area contributed by atoms with E-state index in [1.165, 1.54) is 0 Å². The van der Waals surface area contributed by atoms with Gasteiger partial charge >= 0.3 is 0 Å². The van der Waals surface area contributed by atoms with Crippen LogP contribution in [-0.4, -0.2) is 18.6 Å². The number of pyridine rings is 1. The molecule has 0 spiro atoms. The van der Waals surface area contributed by atoms with Gasteiger partial charge in [-0.1, -0.05) is 19.1 Å². The SMILES string of the molecule is CCNC(C)c1ccc(OCc2cccc(OC)c2)cn1. The van der Waals surface area contributed by atoms with Crippen LogP contribution in [0.3, 0.4) is 0 Å². The van der Waals surface area contributed by atoms with Gasteiger partial charge in [0.2, 0.25) is 0 Å². The molecule has 112 valence electrons. The van der Waals surface area contributed by atoms with Gasteiger partial charge in [-0.15, -0.1) is 0 Å². The normalized spacial score (nSPS) is 12.0. The molecule has 0 aliphatic rings. The Morgan fingerprint density at radius 1 is 1.19 bits per heavy atom. The number of nitrogens with one attached hydrogen (secondary N) is 1. The molecule has 1 N–H and O–H groups in total. The fourth-order valence-electron chi connectivity index (χ4n) is 2.07. The topological polar surface area (TPSA) is 43.4 Å². The summed E-state index contributed by atoms with van der Waals surface area (Å²) >= 11 is 0. The summed E-state index contributed by atoms with van der Waals surface area (Å²) in [5.41, 5.74) is 2.09. The Balaban J connectivity index is 1.94. The zero-order valence-electron chi connectivity index (χ0n) is 12.8. The molecule has 2 rings (SSSR count). The molecule has 1 heterocycles. The van der Waals surface area contributed by atoms with Crippen molar-refractivity contribution in [1.29, 1.82) is 0 Å². The monoisotopic (exact) mass is 286 g/mol. The molecule has 0 aliphatic heterocycles. The Labute approximate surface area is 126 Å². The van der Waals surface area contributed by atoms with Crippen LogP contribution < -0.4 is 14.8 Å². The highest BCUT2D eigenvalue weighted by molar-refractivity contribution is 5.29. The Morgan fingerprint density at radius 2 is 2.05 bits per heavy atom. The average molecular weight is 286 g/mol. The molecular formula is C17H22N2O2. The van der Waals surface area contributed by atoms with E-state index < -0.39 is 0 Å². The first-order valence-electron chi connectivity index (χ1n) is 7.18. The van der Waals surface area contributed by atoms with Gasteiger partial charge in [-0.2, -0.15) is 0 Å². The van der Waals surface area contributed by atoms with E-state index in [0.29, 0.717) is 6.61 Å². The van der Waals surface area contributed by atoms with Gasteiger partial charge < -0.3 is 14.8 Å². The van der Waals surface area contributed by atoms with Crippen LogP contribution in [0.5, 0.6) is 11.5 Å². The largest absolute Gasteiger partial charge is 0.497 e. The molecule has 0 radical (unpaired) electrons. The van der Waals surface area contributed by atoms with Gasteiger partial charge in [-0.3, -0.25) is 4.98 Å². The smallest absolute Gasteiger partial charge is 0.138 e. The highest BCUT2D eigenvalue weighted by atomic mass is 16.5. The first kappa shape index (κ1) is 15.3. The molecule has 0 saturated carbocycles. The van der Waals surface area contributed by atoms with Crippen molar-refractivity contribution >= 4 is 0 Å². The predicted molar refractivity (Wildman–Crippen MR) is 83.7 cm³/mol. The number of aromatic nitrogens is 1. The molecule has 0 bridgehead atoms. The highest BCUT2D eigenvalue weighted by Gasteiger charge is 2.05. The number of hydrogen-bond donors (Lipinski definition) is 1. The van der Waals surface area contributed by atoms with Gasteiger partial charge in [0.1, 0.15) is 18.1 Å². The van der Waals surface area contributed by atoms with Gasteiger partial charge in [0.05, 0.1) is 19.0 Å². The van der Waals surface area contributed by atoms with Crippen LogP contribution in [0, 0.1) is 0 Å². The van der Waals surface area contributed by atoms with Crippen LogP contribution in [0.15, 0.2) is 42.6 Å².